The molecule has 4 aromatic rings. The van der Waals surface area contributed by atoms with Crippen molar-refractivity contribution in [2.24, 2.45) is 0 Å². The van der Waals surface area contributed by atoms with Crippen LogP contribution in [0.25, 0.3) is 22.3 Å². The zero-order valence-electron chi connectivity index (χ0n) is 12.2. The first-order valence-corrected chi connectivity index (χ1v) is 7.22. The van der Waals surface area contributed by atoms with Crippen LogP contribution in [0.2, 0.25) is 0 Å². The number of nitrogens with one attached hydrogen (secondary N) is 1. The molecule has 0 amide bonds. The number of benzene rings is 1. The van der Waals surface area contributed by atoms with Gasteiger partial charge in [0.15, 0.2) is 0 Å². The number of pyridine rings is 2. The number of ether oxygens (including phenoxy) is 1. The monoisotopic (exact) mass is 302 g/mol. The minimum absolute atomic E-state index is 0.531. The third kappa shape index (κ3) is 2.60. The summed E-state index contributed by atoms with van der Waals surface area (Å²) in [6.07, 6.45) is 3.47. The van der Waals surface area contributed by atoms with Crippen LogP contribution in [0.3, 0.4) is 0 Å². The molecular weight excluding hydrogens is 288 g/mol. The van der Waals surface area contributed by atoms with Gasteiger partial charge in [-0.2, -0.15) is 0 Å². The predicted molar refractivity (Wildman–Crippen MR) is 90.3 cm³/mol. The summed E-state index contributed by atoms with van der Waals surface area (Å²) in [5.74, 6) is 1.22. The van der Waals surface area contributed by atoms with Crippen molar-refractivity contribution in [2.45, 2.75) is 0 Å². The maximum absolute atomic E-state index is 5.91. The average molecular weight is 302 g/mol. The van der Waals surface area contributed by atoms with Crippen molar-refractivity contribution >= 4 is 16.7 Å². The lowest BCUT2D eigenvalue weighted by Crippen LogP contribution is -1.92. The number of hydrogen-bond donors (Lipinski definition) is 2. The van der Waals surface area contributed by atoms with Gasteiger partial charge >= 0.3 is 0 Å². The number of H-pyrrole nitrogens is 1. The molecule has 0 atom stereocenters. The van der Waals surface area contributed by atoms with Gasteiger partial charge in [0, 0.05) is 23.5 Å². The Balaban J connectivity index is 1.75. The van der Waals surface area contributed by atoms with Crippen molar-refractivity contribution in [1.29, 1.82) is 0 Å². The molecule has 5 nitrogen and oxygen atoms in total. The van der Waals surface area contributed by atoms with E-state index in [1.54, 1.807) is 24.5 Å². The fourth-order valence-corrected chi connectivity index (χ4v) is 2.43. The predicted octanol–water partition coefficient (Wildman–Crippen LogP) is 4.00. The number of aromatic amines is 1. The molecule has 23 heavy (non-hydrogen) atoms. The molecule has 0 aliphatic heterocycles. The topological polar surface area (TPSA) is 76.8 Å². The molecule has 0 radical (unpaired) electrons. The van der Waals surface area contributed by atoms with Gasteiger partial charge in [-0.25, -0.2) is 9.97 Å². The van der Waals surface area contributed by atoms with Crippen LogP contribution in [0.5, 0.6) is 11.6 Å². The summed E-state index contributed by atoms with van der Waals surface area (Å²) in [6.45, 7) is 0. The quantitative estimate of drug-likeness (QED) is 0.561. The van der Waals surface area contributed by atoms with E-state index in [-0.39, 0.29) is 0 Å². The molecule has 3 aromatic heterocycles. The molecule has 0 aliphatic carbocycles. The minimum atomic E-state index is 0.531. The van der Waals surface area contributed by atoms with E-state index in [2.05, 4.69) is 15.0 Å². The van der Waals surface area contributed by atoms with Gasteiger partial charge in [0.2, 0.25) is 5.88 Å². The van der Waals surface area contributed by atoms with E-state index in [0.29, 0.717) is 17.3 Å². The highest BCUT2D eigenvalue weighted by Gasteiger charge is 2.11. The average Bonchev–Trinajstić information content (AvgIpc) is 3.01. The fraction of sp³-hybridized carbons (Fsp3) is 0. The summed E-state index contributed by atoms with van der Waals surface area (Å²) in [4.78, 5) is 12.0. The summed E-state index contributed by atoms with van der Waals surface area (Å²) < 4.78 is 5.91. The molecule has 1 aromatic carbocycles. The summed E-state index contributed by atoms with van der Waals surface area (Å²) >= 11 is 0. The van der Waals surface area contributed by atoms with Crippen molar-refractivity contribution in [1.82, 2.24) is 15.0 Å². The highest BCUT2D eigenvalue weighted by molar-refractivity contribution is 5.84. The Bertz CT molecular complexity index is 927. The van der Waals surface area contributed by atoms with Gasteiger partial charge in [-0.05, 0) is 54.6 Å². The molecular formula is C18H14N4O. The van der Waals surface area contributed by atoms with Crippen LogP contribution in [-0.4, -0.2) is 15.0 Å². The Morgan fingerprint density at radius 3 is 2.52 bits per heavy atom. The van der Waals surface area contributed by atoms with Crippen LogP contribution in [0, 0.1) is 0 Å². The molecule has 0 saturated carbocycles. The standard InChI is InChI=1S/C18H14N4O/c19-13-5-7-14(8-6-13)23-18-15(4-2-10-21-18)16-11-12-3-1-9-20-17(12)22-16/h1-11H,19H2,(H,20,22). The number of fused-ring (bicyclic) bond motifs is 1. The Morgan fingerprint density at radius 1 is 0.913 bits per heavy atom. The summed E-state index contributed by atoms with van der Waals surface area (Å²) in [5, 5.41) is 1.05. The molecule has 0 bridgehead atoms. The second-order valence-electron chi connectivity index (χ2n) is 5.15. The number of nitrogens with two attached hydrogens (primary N) is 1. The Morgan fingerprint density at radius 2 is 1.70 bits per heavy atom. The molecule has 0 unspecified atom stereocenters. The number of hydrogen-bond acceptors (Lipinski definition) is 4. The largest absolute Gasteiger partial charge is 0.438 e. The van der Waals surface area contributed by atoms with E-state index in [4.69, 9.17) is 10.5 Å². The van der Waals surface area contributed by atoms with Gasteiger partial charge in [0.1, 0.15) is 11.4 Å². The summed E-state index contributed by atoms with van der Waals surface area (Å²) in [6, 6.07) is 17.0. The van der Waals surface area contributed by atoms with Crippen molar-refractivity contribution in [3.05, 3.63) is 67.0 Å². The molecule has 0 spiro atoms. The van der Waals surface area contributed by atoms with Crippen LogP contribution in [0.1, 0.15) is 0 Å². The second-order valence-corrected chi connectivity index (χ2v) is 5.15. The van der Waals surface area contributed by atoms with E-state index in [0.717, 1.165) is 22.3 Å². The van der Waals surface area contributed by atoms with Gasteiger partial charge in [-0.15, -0.1) is 0 Å². The third-order valence-corrected chi connectivity index (χ3v) is 3.55. The first-order chi connectivity index (χ1) is 11.3. The number of aromatic nitrogens is 3. The molecule has 112 valence electrons. The van der Waals surface area contributed by atoms with E-state index in [1.807, 2.05) is 42.5 Å². The highest BCUT2D eigenvalue weighted by Crippen LogP contribution is 2.32. The van der Waals surface area contributed by atoms with Gasteiger partial charge in [-0.3, -0.25) is 0 Å². The number of rotatable bonds is 3. The molecule has 0 fully saturated rings. The van der Waals surface area contributed by atoms with Gasteiger partial charge in [-0.1, -0.05) is 0 Å². The molecule has 0 saturated heterocycles. The normalized spacial score (nSPS) is 10.8. The van der Waals surface area contributed by atoms with Crippen LogP contribution >= 0.6 is 0 Å². The molecule has 4 rings (SSSR count). The second kappa shape index (κ2) is 5.46. The zero-order valence-corrected chi connectivity index (χ0v) is 12.2. The van der Waals surface area contributed by atoms with Crippen LogP contribution < -0.4 is 10.5 Å². The lowest BCUT2D eigenvalue weighted by Gasteiger charge is -2.09. The number of anilines is 1. The third-order valence-electron chi connectivity index (χ3n) is 3.55. The van der Waals surface area contributed by atoms with E-state index < -0.39 is 0 Å². The van der Waals surface area contributed by atoms with Crippen molar-refractivity contribution in [3.63, 3.8) is 0 Å². The fourth-order valence-electron chi connectivity index (χ4n) is 2.43. The minimum Gasteiger partial charge on any atom is -0.438 e. The van der Waals surface area contributed by atoms with Gasteiger partial charge in [0.25, 0.3) is 0 Å². The molecule has 3 N–H and O–H groups in total. The number of nitrogens with zero attached hydrogens (tertiary/aromatic N) is 2. The smallest absolute Gasteiger partial charge is 0.228 e. The van der Waals surface area contributed by atoms with Crippen LogP contribution in [0.15, 0.2) is 67.0 Å². The Labute approximate surface area is 132 Å². The number of nitrogen functional groups attached to an aromatic ring is 1. The highest BCUT2D eigenvalue weighted by atomic mass is 16.5. The summed E-state index contributed by atoms with van der Waals surface area (Å²) in [7, 11) is 0. The van der Waals surface area contributed by atoms with E-state index >= 15 is 0 Å². The molecule has 0 aliphatic rings. The Hall–Kier alpha value is -3.34. The van der Waals surface area contributed by atoms with E-state index in [9.17, 15) is 0 Å². The van der Waals surface area contributed by atoms with Crippen molar-refractivity contribution < 1.29 is 4.74 Å². The van der Waals surface area contributed by atoms with Crippen molar-refractivity contribution in [2.75, 3.05) is 5.73 Å². The first-order valence-electron chi connectivity index (χ1n) is 7.22. The van der Waals surface area contributed by atoms with E-state index in [1.165, 1.54) is 0 Å². The van der Waals surface area contributed by atoms with Gasteiger partial charge in [0.05, 0.1) is 11.3 Å². The SMILES string of the molecule is Nc1ccc(Oc2ncccc2-c2cc3cccnc3[nH]2)cc1. The van der Waals surface area contributed by atoms with Crippen LogP contribution in [0.4, 0.5) is 5.69 Å². The lowest BCUT2D eigenvalue weighted by molar-refractivity contribution is 0.465. The first kappa shape index (κ1) is 13.3. The Kier molecular flexibility index (Phi) is 3.16. The maximum Gasteiger partial charge on any atom is 0.228 e. The maximum atomic E-state index is 5.91. The van der Waals surface area contributed by atoms with Gasteiger partial charge < -0.3 is 15.5 Å². The molecule has 5 heteroatoms. The van der Waals surface area contributed by atoms with Crippen molar-refractivity contribution in [3.8, 4) is 22.9 Å². The van der Waals surface area contributed by atoms with Crippen LogP contribution in [-0.2, 0) is 0 Å². The lowest BCUT2D eigenvalue weighted by atomic mass is 10.2. The zero-order chi connectivity index (χ0) is 15.6. The molecule has 3 heterocycles. The summed E-state index contributed by atoms with van der Waals surface area (Å²) in [5.41, 5.74) is 9.02.